The normalized spacial score (nSPS) is 10.2. The van der Waals surface area contributed by atoms with Crippen molar-refractivity contribution in [2.24, 2.45) is 14.1 Å². The van der Waals surface area contributed by atoms with Crippen molar-refractivity contribution in [3.63, 3.8) is 0 Å². The van der Waals surface area contributed by atoms with Gasteiger partial charge in [-0.2, -0.15) is 0 Å². The first-order chi connectivity index (χ1) is 23.0. The molecule has 8 rings (SSSR count). The summed E-state index contributed by atoms with van der Waals surface area (Å²) in [5, 5.41) is 0. The monoisotopic (exact) mass is 799 g/mol. The van der Waals surface area contributed by atoms with Crippen molar-refractivity contribution in [2.45, 2.75) is 6.92 Å². The van der Waals surface area contributed by atoms with Gasteiger partial charge in [-0.3, -0.25) is 15.9 Å². The number of benzene rings is 5. The molecule has 0 aliphatic heterocycles. The van der Waals surface area contributed by atoms with E-state index in [1.165, 1.54) is 5.56 Å². The molecule has 234 valence electrons. The molecule has 0 fully saturated rings. The Morgan fingerprint density at radius 1 is 0.604 bits per heavy atom. The van der Waals surface area contributed by atoms with Crippen molar-refractivity contribution >= 4 is 22.1 Å². The number of rotatable bonds is 3. The van der Waals surface area contributed by atoms with Crippen LogP contribution in [-0.4, -0.2) is 24.1 Å². The van der Waals surface area contributed by atoms with Crippen LogP contribution in [-0.2, 0) is 34.2 Å². The van der Waals surface area contributed by atoms with Gasteiger partial charge in [-0.05, 0) is 36.0 Å². The third-order valence-electron chi connectivity index (χ3n) is 7.68. The molecule has 0 radical (unpaired) electrons. The van der Waals surface area contributed by atoms with E-state index < -0.39 is 0 Å². The second-order valence-electron chi connectivity index (χ2n) is 10.9. The molecular weight excluding hydrogens is 767 g/mol. The summed E-state index contributed by atoms with van der Waals surface area (Å²) in [7, 11) is 4.08. The predicted molar refractivity (Wildman–Crippen MR) is 191 cm³/mol. The second-order valence-corrected chi connectivity index (χ2v) is 10.9. The number of pyridine rings is 1. The summed E-state index contributed by atoms with van der Waals surface area (Å²) >= 11 is 0. The first-order valence-electron chi connectivity index (χ1n) is 15.3. The first-order valence-corrected chi connectivity index (χ1v) is 15.3. The molecule has 0 N–H and O–H groups in total. The minimum Gasteiger partial charge on any atom is -0.366 e. The number of fused-ring (bicyclic) bond motifs is 2. The zero-order valence-electron chi connectivity index (χ0n) is 26.8. The summed E-state index contributed by atoms with van der Waals surface area (Å²) in [5.74, 6) is 4.10. The molecule has 6 heteroatoms. The molecule has 0 spiro atoms. The Labute approximate surface area is 295 Å². The number of hydrogen-bond donors (Lipinski definition) is 0. The van der Waals surface area contributed by atoms with Crippen molar-refractivity contribution in [2.75, 3.05) is 0 Å². The number of nitrogens with zero attached hydrogens (tertiary/aromatic N) is 5. The molecule has 5 nitrogen and oxygen atoms in total. The van der Waals surface area contributed by atoms with Crippen LogP contribution >= 0.6 is 0 Å². The predicted octanol–water partition coefficient (Wildman–Crippen LogP) is 9.07. The minimum atomic E-state index is 0. The van der Waals surface area contributed by atoms with Gasteiger partial charge in [0.1, 0.15) is 0 Å². The third kappa shape index (κ3) is 7.67. The van der Waals surface area contributed by atoms with Gasteiger partial charge in [0.05, 0.1) is 33.7 Å². The van der Waals surface area contributed by atoms with Gasteiger partial charge in [-0.15, -0.1) is 77.4 Å². The summed E-state index contributed by atoms with van der Waals surface area (Å²) in [6.07, 6.45) is 8.49. The maximum atomic E-state index is 6.69. The van der Waals surface area contributed by atoms with Gasteiger partial charge in [0.25, 0.3) is 0 Å². The molecule has 0 saturated carbocycles. The molecule has 8 aromatic rings. The SMILES string of the molecule is Cc1c[c-]c(-c2ccccn2)cc1.Cn1c(-c2[c-]c(-c3nc4ccccc4n3C)ccc2)nc2ccccc21.[C-]#Cc1ccccc1.[Ir+3]. The number of aromatic nitrogens is 5. The van der Waals surface area contributed by atoms with Crippen molar-refractivity contribution in [3.8, 4) is 40.0 Å². The Morgan fingerprint density at radius 3 is 1.65 bits per heavy atom. The Balaban J connectivity index is 0.000000170. The molecule has 0 unspecified atom stereocenters. The van der Waals surface area contributed by atoms with Gasteiger partial charge in [-0.1, -0.05) is 72.6 Å². The van der Waals surface area contributed by atoms with Gasteiger partial charge in [-0.25, -0.2) is 0 Å². The summed E-state index contributed by atoms with van der Waals surface area (Å²) in [6, 6.07) is 50.5. The van der Waals surface area contributed by atoms with Crippen LogP contribution in [0.25, 0.3) is 56.1 Å². The van der Waals surface area contributed by atoms with E-state index in [9.17, 15) is 0 Å². The Kier molecular flexibility index (Phi) is 11.1. The van der Waals surface area contributed by atoms with Crippen LogP contribution in [0.4, 0.5) is 0 Å². The molecule has 5 aromatic carbocycles. The fourth-order valence-electron chi connectivity index (χ4n) is 5.21. The van der Waals surface area contributed by atoms with Gasteiger partial charge < -0.3 is 20.5 Å². The molecule has 3 aromatic heterocycles. The fraction of sp³-hybridized carbons (Fsp3) is 0.0714. The number of para-hydroxylation sites is 4. The van der Waals surface area contributed by atoms with E-state index in [0.29, 0.717) is 0 Å². The Bertz CT molecular complexity index is 2180. The van der Waals surface area contributed by atoms with Crippen LogP contribution in [0.15, 0.2) is 140 Å². The van der Waals surface area contributed by atoms with Crippen LogP contribution in [0.3, 0.4) is 0 Å². The maximum Gasteiger partial charge on any atom is 3.00 e. The van der Waals surface area contributed by atoms with Crippen LogP contribution in [0.2, 0.25) is 0 Å². The fourth-order valence-corrected chi connectivity index (χ4v) is 5.21. The van der Waals surface area contributed by atoms with Gasteiger partial charge >= 0.3 is 20.1 Å². The van der Waals surface area contributed by atoms with E-state index in [1.54, 1.807) is 6.20 Å². The molecule has 0 aliphatic rings. The average molecular weight is 799 g/mol. The molecule has 0 atom stereocenters. The smallest absolute Gasteiger partial charge is 0.366 e. The van der Waals surface area contributed by atoms with Crippen LogP contribution < -0.4 is 0 Å². The van der Waals surface area contributed by atoms with Crippen LogP contribution in [0, 0.1) is 31.4 Å². The molecule has 0 bridgehead atoms. The largest absolute Gasteiger partial charge is 3.00 e. The van der Waals surface area contributed by atoms with E-state index in [0.717, 1.165) is 61.7 Å². The van der Waals surface area contributed by atoms with E-state index in [1.807, 2.05) is 129 Å². The van der Waals surface area contributed by atoms with Crippen LogP contribution in [0.5, 0.6) is 0 Å². The molecule has 0 amide bonds. The average Bonchev–Trinajstić information content (AvgIpc) is 3.66. The molecule has 0 aliphatic carbocycles. The standard InChI is InChI=1S/C22H17N4.C12H10N.C8H5.Ir/c1-25-19-12-5-3-10-17(19)23-21(25)15-8-7-9-16(14-15)22-24-18-11-4-6-13-20(18)26(22)2;1-10-5-7-11(8-6-10)12-4-2-3-9-13-12;1-2-8-6-4-3-5-7-8;/h3-13H,1-2H3;2-7,9H,1H3;3-7H;/q3*-1;+3. The number of hydrogen-bond acceptors (Lipinski definition) is 3. The zero-order chi connectivity index (χ0) is 32.6. The van der Waals surface area contributed by atoms with Crippen molar-refractivity contribution < 1.29 is 20.1 Å². The Morgan fingerprint density at radius 2 is 1.17 bits per heavy atom. The summed E-state index contributed by atoms with van der Waals surface area (Å²) in [5.41, 5.74) is 10.2. The van der Waals surface area contributed by atoms with Gasteiger partial charge in [0.2, 0.25) is 0 Å². The van der Waals surface area contributed by atoms with E-state index in [2.05, 4.69) is 57.3 Å². The quantitative estimate of drug-likeness (QED) is 0.133. The second kappa shape index (κ2) is 15.8. The third-order valence-corrected chi connectivity index (χ3v) is 7.68. The first kappa shape index (κ1) is 33.8. The topological polar surface area (TPSA) is 48.5 Å². The summed E-state index contributed by atoms with van der Waals surface area (Å²) in [6.45, 7) is 2.05. The minimum absolute atomic E-state index is 0. The van der Waals surface area contributed by atoms with Crippen molar-refractivity contribution in [3.05, 3.63) is 169 Å². The summed E-state index contributed by atoms with van der Waals surface area (Å²) in [4.78, 5) is 13.8. The van der Waals surface area contributed by atoms with E-state index >= 15 is 0 Å². The summed E-state index contributed by atoms with van der Waals surface area (Å²) < 4.78 is 4.22. The van der Waals surface area contributed by atoms with Gasteiger partial charge in [0, 0.05) is 20.3 Å². The van der Waals surface area contributed by atoms with E-state index in [4.69, 9.17) is 16.4 Å². The molecule has 0 saturated heterocycles. The number of aryl methyl sites for hydroxylation is 3. The molecule has 3 heterocycles. The molecular formula is C42H32IrN5. The van der Waals surface area contributed by atoms with Crippen LogP contribution in [0.1, 0.15) is 11.1 Å². The maximum absolute atomic E-state index is 6.69. The Hall–Kier alpha value is -5.60. The molecule has 48 heavy (non-hydrogen) atoms. The van der Waals surface area contributed by atoms with Crippen molar-refractivity contribution in [1.82, 2.24) is 24.1 Å². The van der Waals surface area contributed by atoms with E-state index in [-0.39, 0.29) is 20.1 Å². The van der Waals surface area contributed by atoms with Crippen molar-refractivity contribution in [1.29, 1.82) is 0 Å². The zero-order valence-corrected chi connectivity index (χ0v) is 29.2. The number of imidazole rings is 2. The van der Waals surface area contributed by atoms with Gasteiger partial charge in [0.15, 0.2) is 0 Å².